The van der Waals surface area contributed by atoms with E-state index in [1.165, 1.54) is 0 Å². The summed E-state index contributed by atoms with van der Waals surface area (Å²) in [5.74, 6) is 1.46. The van der Waals surface area contributed by atoms with Gasteiger partial charge in [-0.15, -0.1) is 0 Å². The van der Waals surface area contributed by atoms with Gasteiger partial charge in [0, 0.05) is 12.3 Å². The first-order valence-corrected chi connectivity index (χ1v) is 7.48. The molecule has 1 saturated heterocycles. The zero-order chi connectivity index (χ0) is 15.4. The van der Waals surface area contributed by atoms with Gasteiger partial charge in [0.15, 0.2) is 0 Å². The Kier molecular flexibility index (Phi) is 4.39. The lowest BCUT2D eigenvalue weighted by Crippen LogP contribution is -2.26. The largest absolute Gasteiger partial charge is 0.457 e. The highest BCUT2D eigenvalue weighted by molar-refractivity contribution is 5.94. The Morgan fingerprint density at radius 1 is 1.18 bits per heavy atom. The molecule has 22 heavy (non-hydrogen) atoms. The summed E-state index contributed by atoms with van der Waals surface area (Å²) in [6.07, 6.45) is 1.42. The Hall–Kier alpha value is -2.33. The summed E-state index contributed by atoms with van der Waals surface area (Å²) in [6.45, 7) is 2.69. The quantitative estimate of drug-likeness (QED) is 0.931. The van der Waals surface area contributed by atoms with Crippen LogP contribution in [0, 0.1) is 6.92 Å². The molecular weight excluding hydrogens is 278 g/mol. The van der Waals surface area contributed by atoms with E-state index in [9.17, 15) is 4.79 Å². The average molecular weight is 297 g/mol. The van der Waals surface area contributed by atoms with Crippen molar-refractivity contribution in [3.63, 3.8) is 0 Å². The Balaban J connectivity index is 1.61. The second-order valence-electron chi connectivity index (χ2n) is 5.43. The highest BCUT2D eigenvalue weighted by atomic mass is 16.5. The van der Waals surface area contributed by atoms with E-state index < -0.39 is 0 Å². The molecule has 1 fully saturated rings. The maximum absolute atomic E-state index is 12.0. The van der Waals surface area contributed by atoms with E-state index >= 15 is 0 Å². The average Bonchev–Trinajstić information content (AvgIpc) is 3.04. The molecule has 1 aliphatic rings. The van der Waals surface area contributed by atoms with Crippen LogP contribution in [0.1, 0.15) is 18.4 Å². The summed E-state index contributed by atoms with van der Waals surface area (Å²) in [6, 6.07) is 15.2. The number of carbonyl (C=O) groups is 1. The summed E-state index contributed by atoms with van der Waals surface area (Å²) in [4.78, 5) is 12.0. The summed E-state index contributed by atoms with van der Waals surface area (Å²) < 4.78 is 11.1. The minimum Gasteiger partial charge on any atom is -0.457 e. The van der Waals surface area contributed by atoms with Gasteiger partial charge in [-0.2, -0.15) is 0 Å². The summed E-state index contributed by atoms with van der Waals surface area (Å²) in [5.41, 5.74) is 1.90. The van der Waals surface area contributed by atoms with Crippen LogP contribution in [0.2, 0.25) is 0 Å². The van der Waals surface area contributed by atoms with Crippen molar-refractivity contribution in [1.82, 2.24) is 0 Å². The van der Waals surface area contributed by atoms with Crippen molar-refractivity contribution in [3.8, 4) is 11.5 Å². The fourth-order valence-electron chi connectivity index (χ4n) is 2.43. The van der Waals surface area contributed by atoms with Gasteiger partial charge in [-0.1, -0.05) is 12.1 Å². The van der Waals surface area contributed by atoms with Crippen LogP contribution in [-0.2, 0) is 9.53 Å². The zero-order valence-electron chi connectivity index (χ0n) is 12.5. The number of hydrogen-bond acceptors (Lipinski definition) is 3. The monoisotopic (exact) mass is 297 g/mol. The number of carbonyl (C=O) groups excluding carboxylic acids is 1. The van der Waals surface area contributed by atoms with Gasteiger partial charge in [-0.3, -0.25) is 4.79 Å². The van der Waals surface area contributed by atoms with Crippen molar-refractivity contribution in [2.75, 3.05) is 11.9 Å². The van der Waals surface area contributed by atoms with Crippen LogP contribution in [-0.4, -0.2) is 18.6 Å². The molecule has 0 spiro atoms. The van der Waals surface area contributed by atoms with Crippen molar-refractivity contribution in [2.45, 2.75) is 25.9 Å². The van der Waals surface area contributed by atoms with Crippen LogP contribution in [0.5, 0.6) is 11.5 Å². The van der Waals surface area contributed by atoms with Gasteiger partial charge in [0.25, 0.3) is 5.91 Å². The molecule has 1 aliphatic heterocycles. The van der Waals surface area contributed by atoms with E-state index in [2.05, 4.69) is 5.32 Å². The second-order valence-corrected chi connectivity index (χ2v) is 5.43. The first-order valence-electron chi connectivity index (χ1n) is 7.48. The van der Waals surface area contributed by atoms with E-state index in [1.54, 1.807) is 0 Å². The third-order valence-corrected chi connectivity index (χ3v) is 3.57. The standard InChI is InChI=1S/C18H19NO3/c1-13-4-2-5-16(12-13)22-15-9-7-14(8-10-15)19-18(20)17-6-3-11-21-17/h2,4-5,7-10,12,17H,3,6,11H2,1H3,(H,19,20)/t17-/m1/s1. The number of rotatable bonds is 4. The molecule has 1 N–H and O–H groups in total. The van der Waals surface area contributed by atoms with Gasteiger partial charge in [-0.05, 0) is 61.7 Å². The molecule has 0 aromatic heterocycles. The molecule has 0 bridgehead atoms. The zero-order valence-corrected chi connectivity index (χ0v) is 12.5. The molecule has 4 nitrogen and oxygen atoms in total. The predicted octanol–water partition coefficient (Wildman–Crippen LogP) is 3.90. The number of ether oxygens (including phenoxy) is 2. The van der Waals surface area contributed by atoms with Crippen molar-refractivity contribution < 1.29 is 14.3 Å². The van der Waals surface area contributed by atoms with Crippen LogP contribution >= 0.6 is 0 Å². The number of amides is 1. The molecular formula is C18H19NO3. The van der Waals surface area contributed by atoms with E-state index in [-0.39, 0.29) is 12.0 Å². The SMILES string of the molecule is Cc1cccc(Oc2ccc(NC(=O)[C@H]3CCCO3)cc2)c1. The van der Waals surface area contributed by atoms with Gasteiger partial charge in [0.1, 0.15) is 17.6 Å². The highest BCUT2D eigenvalue weighted by Crippen LogP contribution is 2.24. The normalized spacial score (nSPS) is 17.2. The van der Waals surface area contributed by atoms with Crippen molar-refractivity contribution in [3.05, 3.63) is 54.1 Å². The van der Waals surface area contributed by atoms with Gasteiger partial charge < -0.3 is 14.8 Å². The summed E-state index contributed by atoms with van der Waals surface area (Å²) in [5, 5.41) is 2.86. The number of aryl methyl sites for hydroxylation is 1. The second kappa shape index (κ2) is 6.62. The molecule has 114 valence electrons. The van der Waals surface area contributed by atoms with E-state index in [0.29, 0.717) is 6.61 Å². The highest BCUT2D eigenvalue weighted by Gasteiger charge is 2.23. The molecule has 2 aromatic carbocycles. The van der Waals surface area contributed by atoms with E-state index in [0.717, 1.165) is 35.6 Å². The van der Waals surface area contributed by atoms with Gasteiger partial charge >= 0.3 is 0 Å². The number of anilines is 1. The Morgan fingerprint density at radius 3 is 2.68 bits per heavy atom. The van der Waals surface area contributed by atoms with Crippen molar-refractivity contribution >= 4 is 11.6 Å². The first-order chi connectivity index (χ1) is 10.7. The van der Waals surface area contributed by atoms with Gasteiger partial charge in [0.05, 0.1) is 0 Å². The van der Waals surface area contributed by atoms with Gasteiger partial charge in [0.2, 0.25) is 0 Å². The molecule has 0 saturated carbocycles. The van der Waals surface area contributed by atoms with Crippen LogP contribution < -0.4 is 10.1 Å². The van der Waals surface area contributed by atoms with Crippen LogP contribution in [0.4, 0.5) is 5.69 Å². The molecule has 1 atom stereocenters. The van der Waals surface area contributed by atoms with Crippen LogP contribution in [0.15, 0.2) is 48.5 Å². The fraction of sp³-hybridized carbons (Fsp3) is 0.278. The minimum absolute atomic E-state index is 0.0788. The number of nitrogens with one attached hydrogen (secondary N) is 1. The molecule has 1 amide bonds. The lowest BCUT2D eigenvalue weighted by atomic mass is 10.2. The van der Waals surface area contributed by atoms with Crippen molar-refractivity contribution in [2.24, 2.45) is 0 Å². The first kappa shape index (κ1) is 14.6. The Morgan fingerprint density at radius 2 is 2.00 bits per heavy atom. The third-order valence-electron chi connectivity index (χ3n) is 3.57. The van der Waals surface area contributed by atoms with Crippen LogP contribution in [0.25, 0.3) is 0 Å². The van der Waals surface area contributed by atoms with E-state index in [1.807, 2.05) is 55.5 Å². The molecule has 1 heterocycles. The molecule has 3 rings (SSSR count). The predicted molar refractivity (Wildman–Crippen MR) is 85.3 cm³/mol. The topological polar surface area (TPSA) is 47.6 Å². The smallest absolute Gasteiger partial charge is 0.253 e. The fourth-order valence-corrected chi connectivity index (χ4v) is 2.43. The third kappa shape index (κ3) is 3.65. The number of benzene rings is 2. The lowest BCUT2D eigenvalue weighted by molar-refractivity contribution is -0.124. The lowest BCUT2D eigenvalue weighted by Gasteiger charge is -2.11. The molecule has 0 unspecified atom stereocenters. The molecule has 4 heteroatoms. The van der Waals surface area contributed by atoms with Gasteiger partial charge in [-0.25, -0.2) is 0 Å². The summed E-state index contributed by atoms with van der Waals surface area (Å²) >= 11 is 0. The van der Waals surface area contributed by atoms with E-state index in [4.69, 9.17) is 9.47 Å². The Bertz CT molecular complexity index is 646. The molecule has 0 aliphatic carbocycles. The van der Waals surface area contributed by atoms with Crippen molar-refractivity contribution in [1.29, 1.82) is 0 Å². The van der Waals surface area contributed by atoms with Crippen LogP contribution in [0.3, 0.4) is 0 Å². The maximum Gasteiger partial charge on any atom is 0.253 e. The summed E-state index contributed by atoms with van der Waals surface area (Å²) in [7, 11) is 0. The number of hydrogen-bond donors (Lipinski definition) is 1. The Labute approximate surface area is 130 Å². The molecule has 2 aromatic rings. The maximum atomic E-state index is 12.0. The molecule has 0 radical (unpaired) electrons. The minimum atomic E-state index is -0.316.